The summed E-state index contributed by atoms with van der Waals surface area (Å²) in [7, 11) is 0. The lowest BCUT2D eigenvalue weighted by atomic mass is 10.2. The molecule has 0 unspecified atom stereocenters. The highest BCUT2D eigenvalue weighted by Gasteiger charge is 2.05. The van der Waals surface area contributed by atoms with Gasteiger partial charge in [-0.3, -0.25) is 4.79 Å². The normalized spacial score (nSPS) is 10.5. The van der Waals surface area contributed by atoms with Crippen molar-refractivity contribution >= 4 is 33.7 Å². The first-order chi connectivity index (χ1) is 9.58. The summed E-state index contributed by atoms with van der Waals surface area (Å²) in [6, 6.07) is 14.0. The summed E-state index contributed by atoms with van der Waals surface area (Å²) in [6.07, 6.45) is 1.09. The fraction of sp³-hybridized carbons (Fsp3) is 0.188. The van der Waals surface area contributed by atoms with Crippen LogP contribution < -0.4 is 0 Å². The van der Waals surface area contributed by atoms with E-state index in [2.05, 4.69) is 41.1 Å². The van der Waals surface area contributed by atoms with E-state index in [9.17, 15) is 4.79 Å². The Morgan fingerprint density at radius 2 is 1.80 bits per heavy atom. The summed E-state index contributed by atoms with van der Waals surface area (Å²) in [6.45, 7) is 2.13. The number of hydrogen-bond acceptors (Lipinski definition) is 2. The van der Waals surface area contributed by atoms with Gasteiger partial charge in [0.15, 0.2) is 0 Å². The first-order valence-corrected chi connectivity index (χ1v) is 7.96. The second kappa shape index (κ2) is 6.95. The lowest BCUT2D eigenvalue weighted by Crippen LogP contribution is -1.99. The first kappa shape index (κ1) is 15.1. The fourth-order valence-corrected chi connectivity index (χ4v) is 3.31. The molecule has 20 heavy (non-hydrogen) atoms. The molecule has 2 aromatic carbocycles. The zero-order valence-electron chi connectivity index (χ0n) is 11.1. The molecule has 0 radical (unpaired) electrons. The number of aryl methyl sites for hydroxylation is 1. The van der Waals surface area contributed by atoms with Crippen LogP contribution in [0.5, 0.6) is 0 Å². The van der Waals surface area contributed by atoms with E-state index >= 15 is 0 Å². The molecule has 0 spiro atoms. The van der Waals surface area contributed by atoms with Crippen LogP contribution in [0.25, 0.3) is 0 Å². The highest BCUT2D eigenvalue weighted by molar-refractivity contribution is 9.10. The molecular formula is C16H15BrO2S. The van der Waals surface area contributed by atoms with Crippen molar-refractivity contribution in [2.75, 3.05) is 0 Å². The summed E-state index contributed by atoms with van der Waals surface area (Å²) < 4.78 is 1.09. The number of hydrogen-bond donors (Lipinski definition) is 1. The van der Waals surface area contributed by atoms with Gasteiger partial charge in [-0.25, -0.2) is 0 Å². The lowest BCUT2D eigenvalue weighted by Gasteiger charge is -2.07. The smallest absolute Gasteiger partial charge is 0.307 e. The molecule has 0 saturated heterocycles. The minimum atomic E-state index is -0.802. The molecule has 0 atom stereocenters. The molecule has 0 aliphatic carbocycles. The Kier molecular flexibility index (Phi) is 5.26. The molecule has 0 bridgehead atoms. The summed E-state index contributed by atoms with van der Waals surface area (Å²) in [5.74, 6) is -0.802. The zero-order valence-corrected chi connectivity index (χ0v) is 13.5. The molecule has 0 aliphatic heterocycles. The van der Waals surface area contributed by atoms with Crippen LogP contribution >= 0.6 is 27.7 Å². The molecule has 2 rings (SSSR count). The van der Waals surface area contributed by atoms with Gasteiger partial charge in [-0.05, 0) is 57.7 Å². The van der Waals surface area contributed by atoms with Crippen LogP contribution in [0, 0.1) is 0 Å². The molecule has 0 fully saturated rings. The summed E-state index contributed by atoms with van der Waals surface area (Å²) >= 11 is 5.26. The molecule has 104 valence electrons. The van der Waals surface area contributed by atoms with Crippen LogP contribution in [0.15, 0.2) is 56.7 Å². The lowest BCUT2D eigenvalue weighted by molar-refractivity contribution is -0.136. The van der Waals surface area contributed by atoms with Crippen LogP contribution in [0.4, 0.5) is 0 Å². The Labute approximate surface area is 131 Å². The molecule has 0 amide bonds. The molecular weight excluding hydrogens is 336 g/mol. The van der Waals surface area contributed by atoms with Crippen molar-refractivity contribution in [1.29, 1.82) is 0 Å². The molecule has 0 aromatic heterocycles. The average molecular weight is 351 g/mol. The van der Waals surface area contributed by atoms with Gasteiger partial charge in [0.2, 0.25) is 0 Å². The van der Waals surface area contributed by atoms with Crippen molar-refractivity contribution in [3.63, 3.8) is 0 Å². The SMILES string of the molecule is CCc1ccc(Sc2ccc(CC(=O)O)cc2)c(Br)c1. The standard InChI is InChI=1S/C16H15BrO2S/c1-2-11-5-8-15(14(17)9-11)20-13-6-3-12(4-7-13)10-16(18)19/h3-9H,2,10H2,1H3,(H,18,19). The van der Waals surface area contributed by atoms with Crippen LogP contribution in [0.1, 0.15) is 18.1 Å². The van der Waals surface area contributed by atoms with Crippen molar-refractivity contribution in [2.24, 2.45) is 0 Å². The third-order valence-corrected chi connectivity index (χ3v) is 4.91. The third-order valence-electron chi connectivity index (χ3n) is 2.91. The number of rotatable bonds is 5. The molecule has 4 heteroatoms. The summed E-state index contributed by atoms with van der Waals surface area (Å²) in [5.41, 5.74) is 2.13. The van der Waals surface area contributed by atoms with Crippen LogP contribution in [0.2, 0.25) is 0 Å². The van der Waals surface area contributed by atoms with E-state index < -0.39 is 5.97 Å². The third kappa shape index (κ3) is 4.12. The van der Waals surface area contributed by atoms with E-state index in [1.54, 1.807) is 11.8 Å². The maximum Gasteiger partial charge on any atom is 0.307 e. The molecule has 2 aromatic rings. The van der Waals surface area contributed by atoms with Gasteiger partial charge in [0.25, 0.3) is 0 Å². The van der Waals surface area contributed by atoms with E-state index in [0.717, 1.165) is 26.2 Å². The van der Waals surface area contributed by atoms with Gasteiger partial charge in [-0.15, -0.1) is 0 Å². The van der Waals surface area contributed by atoms with Crippen LogP contribution in [-0.4, -0.2) is 11.1 Å². The Morgan fingerprint density at radius 1 is 1.15 bits per heavy atom. The van der Waals surface area contributed by atoms with Gasteiger partial charge in [0.1, 0.15) is 0 Å². The number of aliphatic carboxylic acids is 1. The summed E-state index contributed by atoms with van der Waals surface area (Å²) in [5, 5.41) is 8.75. The van der Waals surface area contributed by atoms with Crippen molar-refractivity contribution in [1.82, 2.24) is 0 Å². The van der Waals surface area contributed by atoms with Crippen molar-refractivity contribution < 1.29 is 9.90 Å². The van der Waals surface area contributed by atoms with E-state index in [1.807, 2.05) is 24.3 Å². The second-order valence-corrected chi connectivity index (χ2v) is 6.40. The highest BCUT2D eigenvalue weighted by Crippen LogP contribution is 2.34. The molecule has 1 N–H and O–H groups in total. The number of halogens is 1. The Hall–Kier alpha value is -1.26. The molecule has 0 aliphatic rings. The predicted octanol–water partition coefficient (Wildman–Crippen LogP) is 4.79. The maximum atomic E-state index is 10.6. The largest absolute Gasteiger partial charge is 0.481 e. The Bertz CT molecular complexity index is 608. The number of carbonyl (C=O) groups is 1. The Balaban J connectivity index is 2.12. The number of carboxylic acids is 1. The summed E-state index contributed by atoms with van der Waals surface area (Å²) in [4.78, 5) is 12.9. The van der Waals surface area contributed by atoms with E-state index in [-0.39, 0.29) is 6.42 Å². The average Bonchev–Trinajstić information content (AvgIpc) is 2.42. The topological polar surface area (TPSA) is 37.3 Å². The monoisotopic (exact) mass is 350 g/mol. The van der Waals surface area contributed by atoms with Crippen LogP contribution in [0.3, 0.4) is 0 Å². The van der Waals surface area contributed by atoms with Gasteiger partial charge >= 0.3 is 5.97 Å². The van der Waals surface area contributed by atoms with Crippen LogP contribution in [-0.2, 0) is 17.6 Å². The maximum absolute atomic E-state index is 10.6. The minimum Gasteiger partial charge on any atom is -0.481 e. The van der Waals surface area contributed by atoms with Crippen molar-refractivity contribution in [3.8, 4) is 0 Å². The van der Waals surface area contributed by atoms with E-state index in [4.69, 9.17) is 5.11 Å². The fourth-order valence-electron chi connectivity index (χ4n) is 1.82. The number of benzene rings is 2. The van der Waals surface area contributed by atoms with Crippen molar-refractivity contribution in [2.45, 2.75) is 29.6 Å². The van der Waals surface area contributed by atoms with Gasteiger partial charge in [-0.2, -0.15) is 0 Å². The molecule has 0 saturated carbocycles. The first-order valence-electron chi connectivity index (χ1n) is 6.35. The molecule has 2 nitrogen and oxygen atoms in total. The van der Waals surface area contributed by atoms with Gasteiger partial charge < -0.3 is 5.11 Å². The zero-order chi connectivity index (χ0) is 14.5. The molecule has 0 heterocycles. The highest BCUT2D eigenvalue weighted by atomic mass is 79.9. The minimum absolute atomic E-state index is 0.0693. The van der Waals surface area contributed by atoms with Gasteiger partial charge in [-0.1, -0.05) is 36.9 Å². The quantitative estimate of drug-likeness (QED) is 0.842. The second-order valence-electron chi connectivity index (χ2n) is 4.43. The van der Waals surface area contributed by atoms with Crippen molar-refractivity contribution in [3.05, 3.63) is 58.1 Å². The predicted molar refractivity (Wildman–Crippen MR) is 85.4 cm³/mol. The van der Waals surface area contributed by atoms with Gasteiger partial charge in [0.05, 0.1) is 6.42 Å². The Morgan fingerprint density at radius 3 is 2.35 bits per heavy atom. The van der Waals surface area contributed by atoms with E-state index in [1.165, 1.54) is 5.56 Å². The van der Waals surface area contributed by atoms with E-state index in [0.29, 0.717) is 0 Å². The number of carboxylic acid groups (broad SMARTS) is 1. The van der Waals surface area contributed by atoms with Gasteiger partial charge in [0, 0.05) is 14.3 Å².